The van der Waals surface area contributed by atoms with Gasteiger partial charge in [0, 0.05) is 25.2 Å². The van der Waals surface area contributed by atoms with Crippen LogP contribution in [0.2, 0.25) is 0 Å². The van der Waals surface area contributed by atoms with Gasteiger partial charge < -0.3 is 9.64 Å². The molecule has 0 aromatic carbocycles. The second-order valence-electron chi connectivity index (χ2n) is 4.69. The zero-order valence-corrected chi connectivity index (χ0v) is 13.5. The highest BCUT2D eigenvalue weighted by Gasteiger charge is 2.12. The first-order valence-corrected chi connectivity index (χ1v) is 7.18. The molecular weight excluding hydrogens is 278 g/mol. The molecule has 0 rings (SSSR count). The van der Waals surface area contributed by atoms with Crippen LogP contribution in [0.4, 0.5) is 0 Å². The van der Waals surface area contributed by atoms with Crippen molar-refractivity contribution in [2.24, 2.45) is 0 Å². The van der Waals surface area contributed by atoms with E-state index in [4.69, 9.17) is 16.3 Å². The van der Waals surface area contributed by atoms with E-state index in [9.17, 15) is 9.59 Å². The molecule has 4 nitrogen and oxygen atoms in total. The summed E-state index contributed by atoms with van der Waals surface area (Å²) in [6, 6.07) is 0. The Morgan fingerprint density at radius 2 is 1.80 bits per heavy atom. The van der Waals surface area contributed by atoms with E-state index in [2.05, 4.69) is 6.92 Å². The molecule has 0 aliphatic heterocycles. The van der Waals surface area contributed by atoms with Gasteiger partial charge in [-0.2, -0.15) is 0 Å². The smallest absolute Gasteiger partial charge is 0.339 e. The molecule has 0 fully saturated rings. The number of carbonyl (C=O) groups excluding carboxylic acids is 2. The number of ether oxygens (including phenoxy) is 1. The van der Waals surface area contributed by atoms with Crippen LogP contribution >= 0.6 is 11.6 Å². The largest absolute Gasteiger partial charge is 0.465 e. The Bertz CT molecular complexity index is 387. The quantitative estimate of drug-likeness (QED) is 0.299. The van der Waals surface area contributed by atoms with Crippen molar-refractivity contribution in [3.8, 4) is 0 Å². The minimum absolute atomic E-state index is 0.207. The number of likely N-dealkylation sites (N-methyl/N-ethyl adjacent to an activating group) is 1. The fraction of sp³-hybridized carbons (Fsp3) is 0.600. The number of nitrogens with zero attached hydrogens (tertiary/aromatic N) is 1. The number of unbranched alkanes of at least 4 members (excludes halogenated alkanes) is 3. The van der Waals surface area contributed by atoms with Gasteiger partial charge in [0.25, 0.3) is 0 Å². The molecule has 0 spiro atoms. The highest BCUT2D eigenvalue weighted by Crippen LogP contribution is 2.20. The first-order valence-electron chi connectivity index (χ1n) is 6.80. The minimum Gasteiger partial charge on any atom is -0.465 e. The summed E-state index contributed by atoms with van der Waals surface area (Å²) in [5, 5.41) is 0.441. The maximum atomic E-state index is 11.7. The van der Waals surface area contributed by atoms with Crippen LogP contribution in [-0.2, 0) is 14.3 Å². The number of allylic oxidation sites excluding steroid dienone is 1. The average Bonchev–Trinajstić information content (AvgIpc) is 2.42. The van der Waals surface area contributed by atoms with Crippen LogP contribution in [0, 0.1) is 0 Å². The third-order valence-corrected chi connectivity index (χ3v) is 3.17. The number of methoxy groups -OCH3 is 1. The first kappa shape index (κ1) is 18.7. The Kier molecular flexibility index (Phi) is 9.82. The number of carbonyl (C=O) groups is 2. The van der Waals surface area contributed by atoms with Gasteiger partial charge in [0.05, 0.1) is 12.7 Å². The van der Waals surface area contributed by atoms with E-state index in [-0.39, 0.29) is 11.5 Å². The van der Waals surface area contributed by atoms with Crippen LogP contribution in [0.15, 0.2) is 22.8 Å². The fourth-order valence-corrected chi connectivity index (χ4v) is 1.80. The number of hydrogen-bond donors (Lipinski definition) is 0. The van der Waals surface area contributed by atoms with Gasteiger partial charge in [0.2, 0.25) is 5.91 Å². The summed E-state index contributed by atoms with van der Waals surface area (Å²) in [7, 11) is 4.58. The number of amides is 1. The highest BCUT2D eigenvalue weighted by atomic mass is 35.5. The van der Waals surface area contributed by atoms with Crippen LogP contribution in [0.3, 0.4) is 0 Å². The van der Waals surface area contributed by atoms with Crippen molar-refractivity contribution in [1.29, 1.82) is 0 Å². The molecule has 0 N–H and O–H groups in total. The van der Waals surface area contributed by atoms with Gasteiger partial charge in [-0.15, -0.1) is 0 Å². The molecule has 20 heavy (non-hydrogen) atoms. The van der Waals surface area contributed by atoms with Gasteiger partial charge >= 0.3 is 5.97 Å². The van der Waals surface area contributed by atoms with Crippen molar-refractivity contribution in [3.05, 3.63) is 22.8 Å². The summed E-state index contributed by atoms with van der Waals surface area (Å²) in [5.74, 6) is -0.727. The van der Waals surface area contributed by atoms with Crippen molar-refractivity contribution >= 4 is 23.5 Å². The van der Waals surface area contributed by atoms with Gasteiger partial charge in [-0.1, -0.05) is 37.8 Å². The third kappa shape index (κ3) is 7.34. The van der Waals surface area contributed by atoms with Gasteiger partial charge in [-0.25, -0.2) is 4.79 Å². The zero-order valence-electron chi connectivity index (χ0n) is 12.7. The van der Waals surface area contributed by atoms with Gasteiger partial charge in [-0.05, 0) is 18.9 Å². The standard InChI is InChI=1S/C15H24ClNO3/c1-5-6-7-8-9-13(16)12(15(19)20-4)10-11-14(18)17(2)3/h10-11H,5-9H2,1-4H3/b11-10+,13-12+. The lowest BCUT2D eigenvalue weighted by Crippen LogP contribution is -2.19. The monoisotopic (exact) mass is 301 g/mol. The van der Waals surface area contributed by atoms with E-state index in [0.29, 0.717) is 11.5 Å². The van der Waals surface area contributed by atoms with Crippen molar-refractivity contribution in [2.45, 2.75) is 39.0 Å². The topological polar surface area (TPSA) is 46.6 Å². The molecule has 0 aliphatic rings. The zero-order chi connectivity index (χ0) is 15.5. The molecular formula is C15H24ClNO3. The fourth-order valence-electron chi connectivity index (χ4n) is 1.52. The maximum absolute atomic E-state index is 11.7. The Morgan fingerprint density at radius 3 is 2.30 bits per heavy atom. The Hall–Kier alpha value is -1.29. The summed E-state index contributed by atoms with van der Waals surface area (Å²) in [6.07, 6.45) is 7.64. The minimum atomic E-state index is -0.520. The summed E-state index contributed by atoms with van der Waals surface area (Å²) in [5.41, 5.74) is 0.251. The maximum Gasteiger partial charge on any atom is 0.339 e. The number of rotatable bonds is 8. The van der Waals surface area contributed by atoms with E-state index in [0.717, 1.165) is 25.7 Å². The molecule has 0 aromatic heterocycles. The number of halogens is 1. The molecule has 0 aromatic rings. The lowest BCUT2D eigenvalue weighted by Gasteiger charge is -2.07. The average molecular weight is 302 g/mol. The van der Waals surface area contributed by atoms with E-state index in [1.165, 1.54) is 24.2 Å². The molecule has 0 saturated carbocycles. The van der Waals surface area contributed by atoms with E-state index < -0.39 is 5.97 Å². The molecule has 0 bridgehead atoms. The Labute approximate surface area is 126 Å². The van der Waals surface area contributed by atoms with E-state index >= 15 is 0 Å². The van der Waals surface area contributed by atoms with Crippen molar-refractivity contribution in [3.63, 3.8) is 0 Å². The molecule has 1 amide bonds. The SMILES string of the molecule is CCCCCC/C(Cl)=C(/C=C/C(=O)N(C)C)C(=O)OC. The molecule has 114 valence electrons. The molecule has 5 heteroatoms. The summed E-state index contributed by atoms with van der Waals surface area (Å²) in [6.45, 7) is 2.13. The third-order valence-electron chi connectivity index (χ3n) is 2.78. The van der Waals surface area contributed by atoms with Crippen LogP contribution < -0.4 is 0 Å². The van der Waals surface area contributed by atoms with Crippen LogP contribution in [0.5, 0.6) is 0 Å². The number of hydrogen-bond acceptors (Lipinski definition) is 3. The van der Waals surface area contributed by atoms with Gasteiger partial charge in [0.15, 0.2) is 0 Å². The molecule has 0 heterocycles. The van der Waals surface area contributed by atoms with Crippen molar-refractivity contribution < 1.29 is 14.3 Å². The summed E-state index contributed by atoms with van der Waals surface area (Å²) < 4.78 is 4.70. The van der Waals surface area contributed by atoms with Crippen LogP contribution in [0.1, 0.15) is 39.0 Å². The predicted molar refractivity (Wildman–Crippen MR) is 81.5 cm³/mol. The second kappa shape index (κ2) is 10.5. The molecule has 0 unspecified atom stereocenters. The number of esters is 1. The Morgan fingerprint density at radius 1 is 1.15 bits per heavy atom. The van der Waals surface area contributed by atoms with Gasteiger partial charge in [0.1, 0.15) is 0 Å². The lowest BCUT2D eigenvalue weighted by molar-refractivity contribution is -0.135. The van der Waals surface area contributed by atoms with Gasteiger partial charge in [-0.3, -0.25) is 4.79 Å². The predicted octanol–water partition coefficient (Wildman–Crippen LogP) is 3.27. The Balaban J connectivity index is 4.85. The second-order valence-corrected chi connectivity index (χ2v) is 5.14. The van der Waals surface area contributed by atoms with Crippen LogP contribution in [-0.4, -0.2) is 38.0 Å². The molecule has 0 aliphatic carbocycles. The molecule has 0 saturated heterocycles. The molecule has 0 radical (unpaired) electrons. The normalized spacial score (nSPS) is 12.2. The van der Waals surface area contributed by atoms with E-state index in [1.54, 1.807) is 14.1 Å². The van der Waals surface area contributed by atoms with Crippen molar-refractivity contribution in [1.82, 2.24) is 4.90 Å². The molecule has 0 atom stereocenters. The lowest BCUT2D eigenvalue weighted by atomic mass is 10.1. The first-order chi connectivity index (χ1) is 9.43. The van der Waals surface area contributed by atoms with Crippen molar-refractivity contribution in [2.75, 3.05) is 21.2 Å². The van der Waals surface area contributed by atoms with E-state index in [1.807, 2.05) is 0 Å². The summed E-state index contributed by atoms with van der Waals surface area (Å²) >= 11 is 6.17. The highest BCUT2D eigenvalue weighted by molar-refractivity contribution is 6.32. The van der Waals surface area contributed by atoms with Crippen LogP contribution in [0.25, 0.3) is 0 Å². The summed E-state index contributed by atoms with van der Waals surface area (Å²) in [4.78, 5) is 24.6.